The zero-order valence-electron chi connectivity index (χ0n) is 20.2. The van der Waals surface area contributed by atoms with Gasteiger partial charge in [-0.2, -0.15) is 0 Å². The van der Waals surface area contributed by atoms with Crippen LogP contribution in [0.15, 0.2) is 12.1 Å². The molecule has 0 bridgehead atoms. The molecule has 10 heteroatoms. The maximum absolute atomic E-state index is 14.1. The Hall–Kier alpha value is -2.62. The average molecular weight is 483 g/mol. The minimum absolute atomic E-state index is 0.142. The standard InChI is InChI=1S/C24H33F3N4O3/c1-15(2)7-10-24(22(33)31(23(34)28-24)14-13-29(3)4)16-8-11-30(12-9-16)21(32)19-17(25)5-6-18(26)20(19)27/h5-6,15-16H,7-14H2,1-4H3,(H,28,34)/t24-/m1/s1. The van der Waals surface area contributed by atoms with Crippen LogP contribution in [-0.4, -0.2) is 78.4 Å². The molecule has 0 saturated carbocycles. The summed E-state index contributed by atoms with van der Waals surface area (Å²) in [5.41, 5.74) is -1.98. The first-order valence-corrected chi connectivity index (χ1v) is 11.7. The number of piperidine rings is 1. The number of hydrogen-bond donors (Lipinski definition) is 1. The van der Waals surface area contributed by atoms with E-state index in [2.05, 4.69) is 5.32 Å². The number of benzene rings is 1. The van der Waals surface area contributed by atoms with Crippen LogP contribution in [0.5, 0.6) is 0 Å². The highest BCUT2D eigenvalue weighted by Gasteiger charge is 2.55. The van der Waals surface area contributed by atoms with Gasteiger partial charge in [-0.15, -0.1) is 0 Å². The summed E-state index contributed by atoms with van der Waals surface area (Å²) in [7, 11) is 3.73. The Morgan fingerprint density at radius 3 is 2.35 bits per heavy atom. The van der Waals surface area contributed by atoms with Gasteiger partial charge in [0, 0.05) is 26.2 Å². The van der Waals surface area contributed by atoms with Crippen molar-refractivity contribution in [2.24, 2.45) is 11.8 Å². The molecule has 0 aromatic heterocycles. The summed E-state index contributed by atoms with van der Waals surface area (Å²) in [6, 6.07) is 0.953. The minimum atomic E-state index is -1.50. The number of rotatable bonds is 8. The van der Waals surface area contributed by atoms with Gasteiger partial charge in [-0.25, -0.2) is 18.0 Å². The molecule has 0 unspecified atom stereocenters. The van der Waals surface area contributed by atoms with Crippen LogP contribution in [0.2, 0.25) is 0 Å². The van der Waals surface area contributed by atoms with Crippen molar-refractivity contribution in [1.29, 1.82) is 0 Å². The van der Waals surface area contributed by atoms with Crippen molar-refractivity contribution in [1.82, 2.24) is 20.0 Å². The van der Waals surface area contributed by atoms with Gasteiger partial charge in [0.1, 0.15) is 16.9 Å². The van der Waals surface area contributed by atoms with Crippen molar-refractivity contribution in [2.75, 3.05) is 40.3 Å². The number of nitrogens with one attached hydrogen (secondary N) is 1. The summed E-state index contributed by atoms with van der Waals surface area (Å²) in [5.74, 6) is -5.00. The third-order valence-corrected chi connectivity index (χ3v) is 6.83. The molecular formula is C24H33F3N4O3. The van der Waals surface area contributed by atoms with Crippen LogP contribution in [0, 0.1) is 29.3 Å². The second-order valence-corrected chi connectivity index (χ2v) is 9.88. The topological polar surface area (TPSA) is 73.0 Å². The minimum Gasteiger partial charge on any atom is -0.338 e. The van der Waals surface area contributed by atoms with E-state index in [-0.39, 0.29) is 31.5 Å². The van der Waals surface area contributed by atoms with Crippen molar-refractivity contribution in [3.05, 3.63) is 35.1 Å². The summed E-state index contributed by atoms with van der Waals surface area (Å²) in [5, 5.41) is 2.96. The number of carbonyl (C=O) groups is 3. The van der Waals surface area contributed by atoms with Gasteiger partial charge in [-0.1, -0.05) is 13.8 Å². The molecule has 1 aromatic rings. The summed E-state index contributed by atoms with van der Waals surface area (Å²) < 4.78 is 41.8. The predicted octanol–water partition coefficient (Wildman–Crippen LogP) is 3.24. The lowest BCUT2D eigenvalue weighted by molar-refractivity contribution is -0.134. The van der Waals surface area contributed by atoms with E-state index in [1.165, 1.54) is 9.80 Å². The number of carbonyl (C=O) groups excluding carboxylic acids is 3. The van der Waals surface area contributed by atoms with Crippen molar-refractivity contribution in [3.63, 3.8) is 0 Å². The molecule has 188 valence electrons. The lowest BCUT2D eigenvalue weighted by atomic mass is 9.73. The Morgan fingerprint density at radius 1 is 1.15 bits per heavy atom. The average Bonchev–Trinajstić information content (AvgIpc) is 3.03. The van der Waals surface area contributed by atoms with Crippen LogP contribution < -0.4 is 5.32 Å². The van der Waals surface area contributed by atoms with E-state index in [0.717, 1.165) is 12.5 Å². The predicted molar refractivity (Wildman–Crippen MR) is 121 cm³/mol. The van der Waals surface area contributed by atoms with E-state index in [1.54, 1.807) is 0 Å². The molecule has 1 aromatic carbocycles. The Morgan fingerprint density at radius 2 is 1.76 bits per heavy atom. The molecule has 1 N–H and O–H groups in total. The maximum atomic E-state index is 14.1. The fraction of sp³-hybridized carbons (Fsp3) is 0.625. The molecule has 34 heavy (non-hydrogen) atoms. The molecular weight excluding hydrogens is 449 g/mol. The molecule has 2 fully saturated rings. The number of amides is 4. The van der Waals surface area contributed by atoms with Crippen LogP contribution in [-0.2, 0) is 4.79 Å². The van der Waals surface area contributed by atoms with Crippen LogP contribution >= 0.6 is 0 Å². The lowest BCUT2D eigenvalue weighted by Gasteiger charge is -2.41. The number of nitrogens with zero attached hydrogens (tertiary/aromatic N) is 3. The van der Waals surface area contributed by atoms with Crippen molar-refractivity contribution in [2.45, 2.75) is 45.1 Å². The second kappa shape index (κ2) is 10.3. The zero-order valence-corrected chi connectivity index (χ0v) is 20.2. The highest BCUT2D eigenvalue weighted by atomic mass is 19.2. The number of likely N-dealkylation sites (N-methyl/N-ethyl adjacent to an activating group) is 1. The molecule has 2 aliphatic rings. The van der Waals surface area contributed by atoms with Gasteiger partial charge in [0.2, 0.25) is 0 Å². The maximum Gasteiger partial charge on any atom is 0.325 e. The number of likely N-dealkylation sites (tertiary alicyclic amines) is 1. The molecule has 3 rings (SSSR count). The van der Waals surface area contributed by atoms with Crippen LogP contribution in [0.3, 0.4) is 0 Å². The molecule has 0 radical (unpaired) electrons. The highest BCUT2D eigenvalue weighted by molar-refractivity contribution is 6.07. The van der Waals surface area contributed by atoms with Gasteiger partial charge in [0.15, 0.2) is 11.6 Å². The van der Waals surface area contributed by atoms with Crippen LogP contribution in [0.25, 0.3) is 0 Å². The molecule has 7 nitrogen and oxygen atoms in total. The van der Waals surface area contributed by atoms with Crippen LogP contribution in [0.1, 0.15) is 49.9 Å². The molecule has 4 amide bonds. The van der Waals surface area contributed by atoms with Gasteiger partial charge in [0.05, 0.1) is 0 Å². The largest absolute Gasteiger partial charge is 0.338 e. The normalized spacial score (nSPS) is 21.7. The molecule has 0 aliphatic carbocycles. The molecule has 2 aliphatic heterocycles. The third kappa shape index (κ3) is 5.06. The van der Waals surface area contributed by atoms with Gasteiger partial charge in [0.25, 0.3) is 11.8 Å². The summed E-state index contributed by atoms with van der Waals surface area (Å²) in [4.78, 5) is 43.5. The zero-order chi connectivity index (χ0) is 25.2. The van der Waals surface area contributed by atoms with E-state index in [4.69, 9.17) is 0 Å². The summed E-state index contributed by atoms with van der Waals surface area (Å²) in [6.45, 7) is 5.18. The summed E-state index contributed by atoms with van der Waals surface area (Å²) in [6.07, 6.45) is 1.94. The number of imide groups is 1. The van der Waals surface area contributed by atoms with Gasteiger partial charge in [-0.3, -0.25) is 14.5 Å². The Labute approximate surface area is 198 Å². The molecule has 2 saturated heterocycles. The second-order valence-electron chi connectivity index (χ2n) is 9.88. The molecule has 2 heterocycles. The van der Waals surface area contributed by atoms with E-state index in [1.807, 2.05) is 32.8 Å². The van der Waals surface area contributed by atoms with Crippen LogP contribution in [0.4, 0.5) is 18.0 Å². The summed E-state index contributed by atoms with van der Waals surface area (Å²) >= 11 is 0. The quantitative estimate of drug-likeness (QED) is 0.456. The number of halogens is 3. The van der Waals surface area contributed by atoms with E-state index in [0.29, 0.717) is 37.8 Å². The fourth-order valence-corrected chi connectivity index (χ4v) is 4.77. The number of hydrogen-bond acceptors (Lipinski definition) is 4. The highest BCUT2D eigenvalue weighted by Crippen LogP contribution is 2.38. The van der Waals surface area contributed by atoms with Crippen molar-refractivity contribution >= 4 is 17.8 Å². The SMILES string of the molecule is CC(C)CC[C@]1(C2CCN(C(=O)c3c(F)ccc(F)c3F)CC2)NC(=O)N(CCN(C)C)C1=O. The van der Waals surface area contributed by atoms with E-state index in [9.17, 15) is 27.6 Å². The lowest BCUT2D eigenvalue weighted by Crippen LogP contribution is -2.57. The molecule has 0 spiro atoms. The Balaban J connectivity index is 1.78. The smallest absolute Gasteiger partial charge is 0.325 e. The van der Waals surface area contributed by atoms with Gasteiger partial charge in [-0.05, 0) is 63.7 Å². The van der Waals surface area contributed by atoms with Crippen molar-refractivity contribution in [3.8, 4) is 0 Å². The first-order valence-electron chi connectivity index (χ1n) is 11.7. The molecule has 1 atom stereocenters. The third-order valence-electron chi connectivity index (χ3n) is 6.83. The van der Waals surface area contributed by atoms with Gasteiger partial charge < -0.3 is 15.1 Å². The number of urea groups is 1. The Bertz CT molecular complexity index is 948. The Kier molecular flexibility index (Phi) is 7.90. The first kappa shape index (κ1) is 26.0. The van der Waals surface area contributed by atoms with Crippen molar-refractivity contribution < 1.29 is 27.6 Å². The van der Waals surface area contributed by atoms with E-state index < -0.39 is 40.5 Å². The van der Waals surface area contributed by atoms with E-state index >= 15 is 0 Å². The van der Waals surface area contributed by atoms with Gasteiger partial charge >= 0.3 is 6.03 Å². The monoisotopic (exact) mass is 482 g/mol. The first-order chi connectivity index (χ1) is 16.0. The fourth-order valence-electron chi connectivity index (χ4n) is 4.77.